The van der Waals surface area contributed by atoms with Crippen LogP contribution in [0, 0.1) is 0 Å². The first-order valence-electron chi connectivity index (χ1n) is 9.43. The lowest BCUT2D eigenvalue weighted by Gasteiger charge is -2.24. The van der Waals surface area contributed by atoms with Gasteiger partial charge in [-0.05, 0) is 44.0 Å². The van der Waals surface area contributed by atoms with Gasteiger partial charge in [0.05, 0.1) is 11.1 Å². The molecule has 29 heavy (non-hydrogen) atoms. The summed E-state index contributed by atoms with van der Waals surface area (Å²) >= 11 is 0. The number of rotatable bonds is 4. The van der Waals surface area contributed by atoms with Gasteiger partial charge in [0.2, 0.25) is 0 Å². The van der Waals surface area contributed by atoms with Gasteiger partial charge in [0.1, 0.15) is 6.04 Å². The predicted octanol–water partition coefficient (Wildman–Crippen LogP) is 2.19. The molecule has 0 radical (unpaired) electrons. The van der Waals surface area contributed by atoms with Crippen molar-refractivity contribution < 1.29 is 23.9 Å². The average molecular weight is 392 g/mol. The summed E-state index contributed by atoms with van der Waals surface area (Å²) in [6.07, 6.45) is 0.737. The fraction of sp³-hybridized carbons (Fsp3) is 0.273. The van der Waals surface area contributed by atoms with Gasteiger partial charge in [-0.25, -0.2) is 4.79 Å². The van der Waals surface area contributed by atoms with E-state index in [2.05, 4.69) is 0 Å². The van der Waals surface area contributed by atoms with Crippen molar-refractivity contribution in [1.82, 2.24) is 4.90 Å². The van der Waals surface area contributed by atoms with E-state index in [-0.39, 0.29) is 23.1 Å². The SMILES string of the molecule is CC(C(=O)OCC(=O)N1c2ccccc2CC1C)N1C(=O)c2ccccc2C1=O. The van der Waals surface area contributed by atoms with Crippen molar-refractivity contribution in [2.45, 2.75) is 32.4 Å². The van der Waals surface area contributed by atoms with E-state index in [0.29, 0.717) is 0 Å². The second kappa shape index (κ2) is 7.16. The monoisotopic (exact) mass is 392 g/mol. The fourth-order valence-electron chi connectivity index (χ4n) is 3.93. The van der Waals surface area contributed by atoms with Gasteiger partial charge in [0.25, 0.3) is 17.7 Å². The number of amides is 3. The minimum absolute atomic E-state index is 0.0349. The molecule has 2 aromatic carbocycles. The van der Waals surface area contributed by atoms with Crippen LogP contribution in [-0.4, -0.2) is 47.3 Å². The largest absolute Gasteiger partial charge is 0.454 e. The van der Waals surface area contributed by atoms with Crippen molar-refractivity contribution in [2.24, 2.45) is 0 Å². The van der Waals surface area contributed by atoms with E-state index in [0.717, 1.165) is 22.6 Å². The van der Waals surface area contributed by atoms with Gasteiger partial charge in [-0.1, -0.05) is 30.3 Å². The number of benzene rings is 2. The van der Waals surface area contributed by atoms with Crippen molar-refractivity contribution in [3.05, 3.63) is 65.2 Å². The lowest BCUT2D eigenvalue weighted by atomic mass is 10.1. The first kappa shape index (κ1) is 18.9. The summed E-state index contributed by atoms with van der Waals surface area (Å²) in [5.74, 6) is -2.22. The molecular formula is C22H20N2O5. The number of esters is 1. The summed E-state index contributed by atoms with van der Waals surface area (Å²) in [4.78, 5) is 52.7. The summed E-state index contributed by atoms with van der Waals surface area (Å²) in [6.45, 7) is 2.90. The van der Waals surface area contributed by atoms with Gasteiger partial charge < -0.3 is 9.64 Å². The number of hydrogen-bond donors (Lipinski definition) is 0. The van der Waals surface area contributed by atoms with E-state index in [1.807, 2.05) is 31.2 Å². The average Bonchev–Trinajstić information content (AvgIpc) is 3.19. The molecule has 0 aliphatic carbocycles. The van der Waals surface area contributed by atoms with Crippen LogP contribution in [0.15, 0.2) is 48.5 Å². The number of imide groups is 1. The molecular weight excluding hydrogens is 372 g/mol. The molecule has 0 aromatic heterocycles. The maximum absolute atomic E-state index is 12.7. The van der Waals surface area contributed by atoms with E-state index < -0.39 is 30.4 Å². The number of carbonyl (C=O) groups excluding carboxylic acids is 4. The third kappa shape index (κ3) is 3.08. The third-order valence-corrected chi connectivity index (χ3v) is 5.37. The minimum atomic E-state index is -1.13. The number of ether oxygens (including phenoxy) is 1. The zero-order valence-corrected chi connectivity index (χ0v) is 16.1. The highest BCUT2D eigenvalue weighted by molar-refractivity contribution is 6.22. The Balaban J connectivity index is 1.42. The second-order valence-corrected chi connectivity index (χ2v) is 7.26. The molecule has 2 aliphatic heterocycles. The van der Waals surface area contributed by atoms with E-state index in [4.69, 9.17) is 4.74 Å². The van der Waals surface area contributed by atoms with Crippen molar-refractivity contribution in [2.75, 3.05) is 11.5 Å². The van der Waals surface area contributed by atoms with Crippen molar-refractivity contribution in [1.29, 1.82) is 0 Å². The molecule has 7 heteroatoms. The topological polar surface area (TPSA) is 84.0 Å². The summed E-state index contributed by atoms with van der Waals surface area (Å²) < 4.78 is 5.17. The number of nitrogens with zero attached hydrogens (tertiary/aromatic N) is 2. The van der Waals surface area contributed by atoms with Gasteiger partial charge in [0.15, 0.2) is 6.61 Å². The first-order chi connectivity index (χ1) is 13.9. The van der Waals surface area contributed by atoms with E-state index in [1.165, 1.54) is 6.92 Å². The minimum Gasteiger partial charge on any atom is -0.454 e. The Labute approximate surface area is 167 Å². The molecule has 4 rings (SSSR count). The van der Waals surface area contributed by atoms with Crippen LogP contribution in [0.5, 0.6) is 0 Å². The molecule has 0 saturated heterocycles. The quantitative estimate of drug-likeness (QED) is 0.588. The van der Waals surface area contributed by atoms with Crippen LogP contribution in [0.1, 0.15) is 40.1 Å². The lowest BCUT2D eigenvalue weighted by molar-refractivity contribution is -0.151. The van der Waals surface area contributed by atoms with Gasteiger partial charge in [-0.3, -0.25) is 19.3 Å². The van der Waals surface area contributed by atoms with Gasteiger partial charge in [-0.2, -0.15) is 0 Å². The molecule has 0 bridgehead atoms. The molecule has 0 N–H and O–H groups in total. The second-order valence-electron chi connectivity index (χ2n) is 7.26. The molecule has 2 heterocycles. The molecule has 2 unspecified atom stereocenters. The van der Waals surface area contributed by atoms with Gasteiger partial charge in [-0.15, -0.1) is 0 Å². The van der Waals surface area contributed by atoms with Crippen LogP contribution in [0.25, 0.3) is 0 Å². The van der Waals surface area contributed by atoms with Gasteiger partial charge in [0, 0.05) is 11.7 Å². The van der Waals surface area contributed by atoms with Crippen molar-refractivity contribution in [3.8, 4) is 0 Å². The van der Waals surface area contributed by atoms with Crippen LogP contribution in [0.2, 0.25) is 0 Å². The van der Waals surface area contributed by atoms with E-state index in [9.17, 15) is 19.2 Å². The zero-order valence-electron chi connectivity index (χ0n) is 16.1. The maximum Gasteiger partial charge on any atom is 0.329 e. The number of para-hydroxylation sites is 1. The smallest absolute Gasteiger partial charge is 0.329 e. The molecule has 0 saturated carbocycles. The molecule has 2 atom stereocenters. The standard InChI is InChI=1S/C22H20N2O5/c1-13-11-15-7-3-6-10-18(15)23(13)19(25)12-29-22(28)14(2)24-20(26)16-8-4-5-9-17(16)21(24)27/h3-10,13-14H,11-12H2,1-2H3. The zero-order chi connectivity index (χ0) is 20.7. The van der Waals surface area contributed by atoms with Crippen LogP contribution in [0.4, 0.5) is 5.69 Å². The molecule has 7 nitrogen and oxygen atoms in total. The maximum atomic E-state index is 12.7. The molecule has 0 fully saturated rings. The Morgan fingerprint density at radius 1 is 1.03 bits per heavy atom. The Morgan fingerprint density at radius 3 is 2.28 bits per heavy atom. The normalized spacial score (nSPS) is 18.5. The highest BCUT2D eigenvalue weighted by Crippen LogP contribution is 2.32. The van der Waals surface area contributed by atoms with Crippen molar-refractivity contribution in [3.63, 3.8) is 0 Å². The Kier molecular flexibility index (Phi) is 4.66. The van der Waals surface area contributed by atoms with Crippen LogP contribution in [0.3, 0.4) is 0 Å². The molecule has 148 valence electrons. The fourth-order valence-corrected chi connectivity index (χ4v) is 3.93. The molecule has 0 spiro atoms. The number of anilines is 1. The number of hydrogen-bond acceptors (Lipinski definition) is 5. The molecule has 2 aliphatic rings. The Morgan fingerprint density at radius 2 is 1.62 bits per heavy atom. The van der Waals surface area contributed by atoms with E-state index in [1.54, 1.807) is 29.2 Å². The Hall–Kier alpha value is -3.48. The number of fused-ring (bicyclic) bond motifs is 2. The van der Waals surface area contributed by atoms with Gasteiger partial charge >= 0.3 is 5.97 Å². The van der Waals surface area contributed by atoms with E-state index >= 15 is 0 Å². The highest BCUT2D eigenvalue weighted by atomic mass is 16.5. The van der Waals surface area contributed by atoms with Crippen LogP contribution in [-0.2, 0) is 20.7 Å². The van der Waals surface area contributed by atoms with Crippen LogP contribution >= 0.6 is 0 Å². The summed E-state index contributed by atoms with van der Waals surface area (Å²) in [5, 5.41) is 0. The van der Waals surface area contributed by atoms with Crippen molar-refractivity contribution >= 4 is 29.4 Å². The summed E-state index contributed by atoms with van der Waals surface area (Å²) in [5.41, 5.74) is 2.40. The number of carbonyl (C=O) groups is 4. The lowest BCUT2D eigenvalue weighted by Crippen LogP contribution is -2.45. The predicted molar refractivity (Wildman–Crippen MR) is 104 cm³/mol. The molecule has 2 aromatic rings. The highest BCUT2D eigenvalue weighted by Gasteiger charge is 2.41. The third-order valence-electron chi connectivity index (χ3n) is 5.37. The first-order valence-corrected chi connectivity index (χ1v) is 9.43. The molecule has 3 amide bonds. The Bertz CT molecular complexity index is 996. The summed E-state index contributed by atoms with van der Waals surface area (Å²) in [6, 6.07) is 12.8. The van der Waals surface area contributed by atoms with Crippen LogP contribution < -0.4 is 4.90 Å². The summed E-state index contributed by atoms with van der Waals surface area (Å²) in [7, 11) is 0.